The van der Waals surface area contributed by atoms with E-state index in [2.05, 4.69) is 31.4 Å². The molecule has 0 saturated heterocycles. The molecule has 0 bridgehead atoms. The molecule has 0 aromatic heterocycles. The van der Waals surface area contributed by atoms with Gasteiger partial charge in [0.1, 0.15) is 5.60 Å². The summed E-state index contributed by atoms with van der Waals surface area (Å²) in [5.74, 6) is 0. The summed E-state index contributed by atoms with van der Waals surface area (Å²) in [5.41, 5.74) is -0.672. The highest BCUT2D eigenvalue weighted by atomic mass is 16.6. The van der Waals surface area contributed by atoms with Crippen LogP contribution in [-0.2, 0) is 4.74 Å². The van der Waals surface area contributed by atoms with E-state index in [1.165, 1.54) is 0 Å². The largest absolute Gasteiger partial charge is 0.465 e. The molecule has 0 aliphatic heterocycles. The third-order valence-corrected chi connectivity index (χ3v) is 3.83. The van der Waals surface area contributed by atoms with Crippen LogP contribution in [0.15, 0.2) is 0 Å². The number of alkyl carbamates (subject to hydrolysis) is 1. The highest BCUT2D eigenvalue weighted by Crippen LogP contribution is 2.45. The van der Waals surface area contributed by atoms with Gasteiger partial charge < -0.3 is 20.5 Å². The van der Waals surface area contributed by atoms with Gasteiger partial charge in [0.15, 0.2) is 0 Å². The fraction of sp³-hybridized carbons (Fsp3) is 0.875. The maximum atomic E-state index is 12.0. The molecule has 1 aliphatic carbocycles. The highest BCUT2D eigenvalue weighted by Gasteiger charge is 2.42. The van der Waals surface area contributed by atoms with Gasteiger partial charge in [0.05, 0.1) is 0 Å². The average molecular weight is 314 g/mol. The summed E-state index contributed by atoms with van der Waals surface area (Å²) in [5, 5.41) is 14.2. The predicted molar refractivity (Wildman–Crippen MR) is 84.9 cm³/mol. The molecule has 0 radical (unpaired) electrons. The summed E-state index contributed by atoms with van der Waals surface area (Å²) in [6.07, 6.45) is 1.07. The quantitative estimate of drug-likeness (QED) is 0.745. The number of carbonyl (C=O) groups excluding carboxylic acids is 1. The SMILES string of the molecule is CC1(C)CC(NC(=O)OC(C)(C)C)CC(C)(CNC(=O)O)C1. The van der Waals surface area contributed by atoms with E-state index >= 15 is 0 Å². The predicted octanol–water partition coefficient (Wildman–Crippen LogP) is 3.36. The molecule has 0 aromatic carbocycles. The Morgan fingerprint density at radius 2 is 1.82 bits per heavy atom. The van der Waals surface area contributed by atoms with E-state index in [4.69, 9.17) is 9.84 Å². The van der Waals surface area contributed by atoms with Gasteiger partial charge in [-0.2, -0.15) is 0 Å². The van der Waals surface area contributed by atoms with Crippen molar-refractivity contribution >= 4 is 12.2 Å². The van der Waals surface area contributed by atoms with Gasteiger partial charge in [-0.3, -0.25) is 0 Å². The Morgan fingerprint density at radius 3 is 2.32 bits per heavy atom. The van der Waals surface area contributed by atoms with E-state index in [1.54, 1.807) is 0 Å². The van der Waals surface area contributed by atoms with E-state index in [0.717, 1.165) is 19.3 Å². The molecule has 1 saturated carbocycles. The molecule has 2 unspecified atom stereocenters. The number of rotatable bonds is 3. The summed E-state index contributed by atoms with van der Waals surface area (Å²) in [7, 11) is 0. The Hall–Kier alpha value is -1.46. The number of amides is 2. The van der Waals surface area contributed by atoms with Crippen molar-refractivity contribution in [3.63, 3.8) is 0 Å². The first-order chi connectivity index (χ1) is 9.80. The van der Waals surface area contributed by atoms with Crippen LogP contribution in [0.4, 0.5) is 9.59 Å². The van der Waals surface area contributed by atoms with Crippen molar-refractivity contribution in [3.05, 3.63) is 0 Å². The molecule has 1 rings (SSSR count). The van der Waals surface area contributed by atoms with Crippen LogP contribution in [0.5, 0.6) is 0 Å². The average Bonchev–Trinajstić information content (AvgIpc) is 2.20. The van der Waals surface area contributed by atoms with Crippen molar-refractivity contribution in [3.8, 4) is 0 Å². The third-order valence-electron chi connectivity index (χ3n) is 3.83. The minimum Gasteiger partial charge on any atom is -0.465 e. The Balaban J connectivity index is 2.71. The number of nitrogens with one attached hydrogen (secondary N) is 2. The number of hydrogen-bond donors (Lipinski definition) is 3. The molecule has 0 spiro atoms. The topological polar surface area (TPSA) is 87.7 Å². The smallest absolute Gasteiger partial charge is 0.407 e. The Morgan fingerprint density at radius 1 is 1.23 bits per heavy atom. The minimum absolute atomic E-state index is 0.0146. The first-order valence-corrected chi connectivity index (χ1v) is 7.77. The molecule has 2 amide bonds. The van der Waals surface area contributed by atoms with Crippen LogP contribution in [0, 0.1) is 10.8 Å². The van der Waals surface area contributed by atoms with Gasteiger partial charge in [0.25, 0.3) is 0 Å². The fourth-order valence-electron chi connectivity index (χ4n) is 3.63. The van der Waals surface area contributed by atoms with Gasteiger partial charge in [0.2, 0.25) is 0 Å². The first-order valence-electron chi connectivity index (χ1n) is 7.77. The maximum Gasteiger partial charge on any atom is 0.407 e. The van der Waals surface area contributed by atoms with Gasteiger partial charge >= 0.3 is 12.2 Å². The molecule has 6 heteroatoms. The zero-order valence-corrected chi connectivity index (χ0v) is 14.6. The lowest BCUT2D eigenvalue weighted by Crippen LogP contribution is -2.51. The number of hydrogen-bond acceptors (Lipinski definition) is 3. The van der Waals surface area contributed by atoms with Gasteiger partial charge in [0, 0.05) is 12.6 Å². The van der Waals surface area contributed by atoms with Crippen LogP contribution < -0.4 is 10.6 Å². The number of carboxylic acid groups (broad SMARTS) is 1. The highest BCUT2D eigenvalue weighted by molar-refractivity contribution is 5.68. The Labute approximate surface area is 133 Å². The molecule has 3 N–H and O–H groups in total. The van der Waals surface area contributed by atoms with Crippen LogP contribution in [0.1, 0.15) is 60.8 Å². The summed E-state index contributed by atoms with van der Waals surface area (Å²) in [6.45, 7) is 12.2. The first kappa shape index (κ1) is 18.6. The zero-order chi connectivity index (χ0) is 17.2. The Kier molecular flexibility index (Phi) is 5.36. The normalized spacial score (nSPS) is 27.8. The fourth-order valence-corrected chi connectivity index (χ4v) is 3.63. The molecule has 6 nitrogen and oxygen atoms in total. The van der Waals surface area contributed by atoms with Crippen molar-refractivity contribution in [2.24, 2.45) is 10.8 Å². The molecular weight excluding hydrogens is 284 g/mol. The van der Waals surface area contributed by atoms with Crippen molar-refractivity contribution in [1.29, 1.82) is 0 Å². The molecule has 0 heterocycles. The van der Waals surface area contributed by atoms with Crippen molar-refractivity contribution in [1.82, 2.24) is 10.6 Å². The van der Waals surface area contributed by atoms with E-state index in [9.17, 15) is 9.59 Å². The zero-order valence-electron chi connectivity index (χ0n) is 14.6. The molecule has 1 fully saturated rings. The van der Waals surface area contributed by atoms with Gasteiger partial charge in [-0.15, -0.1) is 0 Å². The standard InChI is InChI=1S/C16H30N2O4/c1-14(2,3)22-13(21)18-11-7-15(4,5)9-16(6,8-11)10-17-12(19)20/h11,17H,7-10H2,1-6H3,(H,18,21)(H,19,20). The van der Waals surface area contributed by atoms with Gasteiger partial charge in [-0.1, -0.05) is 20.8 Å². The van der Waals surface area contributed by atoms with Crippen LogP contribution in [0.3, 0.4) is 0 Å². The lowest BCUT2D eigenvalue weighted by atomic mass is 9.62. The lowest BCUT2D eigenvalue weighted by molar-refractivity contribution is 0.0346. The maximum absolute atomic E-state index is 12.0. The van der Waals surface area contributed by atoms with E-state index in [0.29, 0.717) is 6.54 Å². The molecule has 2 atom stereocenters. The van der Waals surface area contributed by atoms with Crippen molar-refractivity contribution < 1.29 is 19.4 Å². The summed E-state index contributed by atoms with van der Waals surface area (Å²) < 4.78 is 5.32. The molecular formula is C16H30N2O4. The lowest BCUT2D eigenvalue weighted by Gasteiger charge is -2.46. The van der Waals surface area contributed by atoms with E-state index in [1.807, 2.05) is 20.8 Å². The second-order valence-corrected chi connectivity index (χ2v) is 8.56. The van der Waals surface area contributed by atoms with Crippen LogP contribution in [0.25, 0.3) is 0 Å². The Bertz CT molecular complexity index is 428. The molecule has 22 heavy (non-hydrogen) atoms. The second-order valence-electron chi connectivity index (χ2n) is 8.56. The summed E-state index contributed by atoms with van der Waals surface area (Å²) >= 11 is 0. The second kappa shape index (κ2) is 6.34. The molecule has 1 aliphatic rings. The van der Waals surface area contributed by atoms with Gasteiger partial charge in [-0.25, -0.2) is 9.59 Å². The molecule has 0 aromatic rings. The van der Waals surface area contributed by atoms with Crippen LogP contribution >= 0.6 is 0 Å². The summed E-state index contributed by atoms with van der Waals surface area (Å²) in [4.78, 5) is 22.7. The van der Waals surface area contributed by atoms with Gasteiger partial charge in [-0.05, 0) is 50.9 Å². The van der Waals surface area contributed by atoms with Crippen molar-refractivity contribution in [2.75, 3.05) is 6.54 Å². The summed E-state index contributed by atoms with van der Waals surface area (Å²) in [6, 6.07) is -0.0146. The third kappa shape index (κ3) is 6.54. The number of carbonyl (C=O) groups is 2. The molecule has 128 valence electrons. The monoisotopic (exact) mass is 314 g/mol. The number of ether oxygens (including phenoxy) is 1. The van der Waals surface area contributed by atoms with E-state index < -0.39 is 17.8 Å². The van der Waals surface area contributed by atoms with E-state index in [-0.39, 0.29) is 16.9 Å². The van der Waals surface area contributed by atoms with Crippen molar-refractivity contribution in [2.45, 2.75) is 72.4 Å². The minimum atomic E-state index is -1.01. The van der Waals surface area contributed by atoms with Crippen LogP contribution in [-0.4, -0.2) is 35.5 Å². The van der Waals surface area contributed by atoms with Crippen LogP contribution in [0.2, 0.25) is 0 Å².